The normalized spacial score (nSPS) is 9.58. The smallest absolute Gasteiger partial charge is 0.203 e. The second-order valence-corrected chi connectivity index (χ2v) is 2.77. The van der Waals surface area contributed by atoms with E-state index < -0.39 is 0 Å². The number of nitrogens with two attached hydrogens (primary N) is 1. The van der Waals surface area contributed by atoms with Crippen LogP contribution in [0.4, 0.5) is 5.69 Å². The molecule has 3 nitrogen and oxygen atoms in total. The van der Waals surface area contributed by atoms with Crippen molar-refractivity contribution in [3.8, 4) is 0 Å². The topological polar surface area (TPSA) is 46.3 Å². The predicted octanol–water partition coefficient (Wildman–Crippen LogP) is 0.665. The molecule has 3 heteroatoms. The zero-order valence-corrected chi connectivity index (χ0v) is 7.24. The summed E-state index contributed by atoms with van der Waals surface area (Å²) in [7, 11) is 1.65. The Morgan fingerprint density at radius 2 is 2.08 bits per heavy atom. The molecule has 0 bridgehead atoms. The Bertz CT molecular complexity index is 334. The standard InChI is InChI=1S/C9H12N2O/c1-7-4-3-5-9(12)8(6-7)11(2)10/h3-6H,10H2,1-2H3. The van der Waals surface area contributed by atoms with E-state index >= 15 is 0 Å². The number of hydrazine groups is 1. The predicted molar refractivity (Wildman–Crippen MR) is 50.0 cm³/mol. The summed E-state index contributed by atoms with van der Waals surface area (Å²) >= 11 is 0. The number of hydrogen-bond donors (Lipinski definition) is 1. The van der Waals surface area contributed by atoms with Crippen molar-refractivity contribution in [3.05, 3.63) is 40.1 Å². The summed E-state index contributed by atoms with van der Waals surface area (Å²) in [5.41, 5.74) is 1.47. The molecule has 0 aromatic heterocycles. The molecule has 0 aliphatic carbocycles. The summed E-state index contributed by atoms with van der Waals surface area (Å²) in [4.78, 5) is 11.3. The molecule has 0 fully saturated rings. The van der Waals surface area contributed by atoms with E-state index in [4.69, 9.17) is 5.84 Å². The quantitative estimate of drug-likeness (QED) is 0.490. The van der Waals surface area contributed by atoms with Crippen LogP contribution in [-0.2, 0) is 0 Å². The summed E-state index contributed by atoms with van der Waals surface area (Å²) in [5.74, 6) is 5.47. The Kier molecular flexibility index (Phi) is 2.45. The van der Waals surface area contributed by atoms with Gasteiger partial charge in [0.15, 0.2) is 0 Å². The van der Waals surface area contributed by atoms with Gasteiger partial charge >= 0.3 is 0 Å². The van der Waals surface area contributed by atoms with Crippen LogP contribution < -0.4 is 16.3 Å². The minimum absolute atomic E-state index is 0.0619. The number of anilines is 1. The Labute approximate surface area is 71.4 Å². The van der Waals surface area contributed by atoms with Crippen molar-refractivity contribution in [2.75, 3.05) is 12.1 Å². The molecule has 0 saturated carbocycles. The molecule has 0 radical (unpaired) electrons. The van der Waals surface area contributed by atoms with E-state index in [9.17, 15) is 4.79 Å². The van der Waals surface area contributed by atoms with Gasteiger partial charge in [0.1, 0.15) is 0 Å². The molecule has 12 heavy (non-hydrogen) atoms. The number of aryl methyl sites for hydroxylation is 1. The molecular formula is C9H12N2O. The number of rotatable bonds is 1. The SMILES string of the molecule is Cc1cccc(=O)c(N(C)N)c1. The van der Waals surface area contributed by atoms with Gasteiger partial charge in [0.2, 0.25) is 5.43 Å². The third kappa shape index (κ3) is 1.83. The first-order valence-electron chi connectivity index (χ1n) is 3.70. The van der Waals surface area contributed by atoms with Gasteiger partial charge in [0, 0.05) is 7.05 Å². The summed E-state index contributed by atoms with van der Waals surface area (Å²) in [6, 6.07) is 6.87. The molecule has 0 saturated heterocycles. The first-order valence-corrected chi connectivity index (χ1v) is 3.70. The van der Waals surface area contributed by atoms with Crippen LogP contribution in [0.25, 0.3) is 0 Å². The van der Waals surface area contributed by atoms with Gasteiger partial charge in [0.25, 0.3) is 0 Å². The molecule has 0 unspecified atom stereocenters. The minimum Gasteiger partial charge on any atom is -0.310 e. The zero-order valence-electron chi connectivity index (χ0n) is 7.24. The Morgan fingerprint density at radius 3 is 2.67 bits per heavy atom. The highest BCUT2D eigenvalue weighted by Crippen LogP contribution is 2.03. The first-order chi connectivity index (χ1) is 5.61. The molecule has 0 aliphatic heterocycles. The molecule has 1 rings (SSSR count). The lowest BCUT2D eigenvalue weighted by molar-refractivity contribution is 1.01. The fraction of sp³-hybridized carbons (Fsp3) is 0.222. The highest BCUT2D eigenvalue weighted by molar-refractivity contribution is 5.44. The van der Waals surface area contributed by atoms with E-state index in [1.807, 2.05) is 13.0 Å². The van der Waals surface area contributed by atoms with Crippen molar-refractivity contribution in [2.45, 2.75) is 6.92 Å². The molecule has 0 amide bonds. The third-order valence-corrected chi connectivity index (χ3v) is 1.60. The lowest BCUT2D eigenvalue weighted by Gasteiger charge is -2.08. The first kappa shape index (κ1) is 8.74. The van der Waals surface area contributed by atoms with Gasteiger partial charge in [-0.2, -0.15) is 0 Å². The number of nitrogens with zero attached hydrogens (tertiary/aromatic N) is 1. The second kappa shape index (κ2) is 3.36. The average Bonchev–Trinajstić information content (AvgIpc) is 2.13. The molecule has 64 valence electrons. The van der Waals surface area contributed by atoms with Crippen LogP contribution in [0.3, 0.4) is 0 Å². The van der Waals surface area contributed by atoms with Gasteiger partial charge in [-0.1, -0.05) is 12.1 Å². The van der Waals surface area contributed by atoms with Crippen molar-refractivity contribution >= 4 is 5.69 Å². The highest BCUT2D eigenvalue weighted by atomic mass is 16.1. The van der Waals surface area contributed by atoms with Gasteiger partial charge in [-0.05, 0) is 24.6 Å². The van der Waals surface area contributed by atoms with Gasteiger partial charge in [0.05, 0.1) is 5.69 Å². The molecule has 0 aliphatic rings. The van der Waals surface area contributed by atoms with E-state index in [0.717, 1.165) is 5.56 Å². The maximum absolute atomic E-state index is 11.3. The molecular weight excluding hydrogens is 152 g/mol. The van der Waals surface area contributed by atoms with Crippen molar-refractivity contribution in [1.29, 1.82) is 0 Å². The molecule has 0 atom stereocenters. The van der Waals surface area contributed by atoms with Gasteiger partial charge in [-0.3, -0.25) is 4.79 Å². The van der Waals surface area contributed by atoms with Crippen LogP contribution in [0, 0.1) is 6.92 Å². The number of hydrogen-bond acceptors (Lipinski definition) is 3. The van der Waals surface area contributed by atoms with E-state index in [0.29, 0.717) is 5.69 Å². The van der Waals surface area contributed by atoms with Gasteiger partial charge in [-0.15, -0.1) is 0 Å². The van der Waals surface area contributed by atoms with Crippen molar-refractivity contribution in [3.63, 3.8) is 0 Å². The summed E-state index contributed by atoms with van der Waals surface area (Å²) in [6.45, 7) is 1.92. The van der Waals surface area contributed by atoms with Crippen LogP contribution in [0.2, 0.25) is 0 Å². The Morgan fingerprint density at radius 1 is 1.42 bits per heavy atom. The van der Waals surface area contributed by atoms with Gasteiger partial charge in [-0.25, -0.2) is 5.84 Å². The summed E-state index contributed by atoms with van der Waals surface area (Å²) < 4.78 is 0. The molecule has 1 aromatic carbocycles. The maximum Gasteiger partial charge on any atom is 0.203 e. The fourth-order valence-electron chi connectivity index (χ4n) is 0.983. The highest BCUT2D eigenvalue weighted by Gasteiger charge is 1.98. The zero-order chi connectivity index (χ0) is 9.14. The van der Waals surface area contributed by atoms with Crippen molar-refractivity contribution in [1.82, 2.24) is 0 Å². The van der Waals surface area contributed by atoms with Gasteiger partial charge < -0.3 is 5.01 Å². The van der Waals surface area contributed by atoms with Crippen LogP contribution in [0.5, 0.6) is 0 Å². The molecule has 1 aromatic rings. The van der Waals surface area contributed by atoms with E-state index in [-0.39, 0.29) is 5.43 Å². The maximum atomic E-state index is 11.3. The van der Waals surface area contributed by atoms with Crippen LogP contribution in [0.15, 0.2) is 29.1 Å². The Balaban J connectivity index is 3.39. The molecule has 2 N–H and O–H groups in total. The van der Waals surface area contributed by atoms with Crippen LogP contribution >= 0.6 is 0 Å². The van der Waals surface area contributed by atoms with Crippen LogP contribution in [-0.4, -0.2) is 7.05 Å². The monoisotopic (exact) mass is 164 g/mol. The lowest BCUT2D eigenvalue weighted by Crippen LogP contribution is -2.29. The average molecular weight is 164 g/mol. The van der Waals surface area contributed by atoms with E-state index in [1.54, 1.807) is 19.2 Å². The largest absolute Gasteiger partial charge is 0.310 e. The Hall–Kier alpha value is -1.35. The molecule has 0 spiro atoms. The fourth-order valence-corrected chi connectivity index (χ4v) is 0.983. The molecule has 0 heterocycles. The third-order valence-electron chi connectivity index (χ3n) is 1.60. The van der Waals surface area contributed by atoms with E-state index in [2.05, 4.69) is 0 Å². The van der Waals surface area contributed by atoms with Crippen molar-refractivity contribution < 1.29 is 0 Å². The summed E-state index contributed by atoms with van der Waals surface area (Å²) in [5, 5.41) is 1.33. The van der Waals surface area contributed by atoms with Crippen molar-refractivity contribution in [2.24, 2.45) is 5.84 Å². The minimum atomic E-state index is -0.0619. The second-order valence-electron chi connectivity index (χ2n) is 2.77. The van der Waals surface area contributed by atoms with E-state index in [1.165, 1.54) is 11.1 Å². The van der Waals surface area contributed by atoms with Crippen LogP contribution in [0.1, 0.15) is 5.56 Å². The lowest BCUT2D eigenvalue weighted by atomic mass is 10.3. The summed E-state index contributed by atoms with van der Waals surface area (Å²) in [6.07, 6.45) is 0.